The molecule has 0 atom stereocenters. The Balaban J connectivity index is 2.21. The van der Waals surface area contributed by atoms with Crippen molar-refractivity contribution in [1.29, 1.82) is 0 Å². The third-order valence-electron chi connectivity index (χ3n) is 2.30. The van der Waals surface area contributed by atoms with Crippen LogP contribution in [0.2, 0.25) is 0 Å². The molecule has 1 aromatic heterocycles. The number of aromatic nitrogens is 3. The van der Waals surface area contributed by atoms with E-state index in [0.29, 0.717) is 16.5 Å². The van der Waals surface area contributed by atoms with Crippen LogP contribution >= 0.6 is 11.8 Å². The minimum Gasteiger partial charge on any atom is -0.267 e. The Morgan fingerprint density at radius 3 is 2.61 bits per heavy atom. The quantitative estimate of drug-likeness (QED) is 0.861. The normalized spacial score (nSPS) is 10.4. The van der Waals surface area contributed by atoms with Gasteiger partial charge in [0.05, 0.1) is 0 Å². The zero-order chi connectivity index (χ0) is 13.1. The summed E-state index contributed by atoms with van der Waals surface area (Å²) in [7, 11) is 0. The van der Waals surface area contributed by atoms with Crippen molar-refractivity contribution < 1.29 is 9.18 Å². The van der Waals surface area contributed by atoms with Gasteiger partial charge in [-0.05, 0) is 37.4 Å². The van der Waals surface area contributed by atoms with Crippen LogP contribution < -0.4 is 5.43 Å². The van der Waals surface area contributed by atoms with Crippen molar-refractivity contribution in [2.75, 3.05) is 11.7 Å². The smallest absolute Gasteiger partial charge is 0.267 e. The lowest BCUT2D eigenvalue weighted by molar-refractivity contribution is 0.100. The molecule has 2 rings (SSSR count). The van der Waals surface area contributed by atoms with Gasteiger partial charge in [0, 0.05) is 5.56 Å². The van der Waals surface area contributed by atoms with Gasteiger partial charge in [0.25, 0.3) is 5.91 Å². The molecule has 1 amide bonds. The number of hydrogen-bond acceptors (Lipinski definition) is 4. The summed E-state index contributed by atoms with van der Waals surface area (Å²) < 4.78 is 14.2. The van der Waals surface area contributed by atoms with E-state index in [0.717, 1.165) is 0 Å². The van der Waals surface area contributed by atoms with Crippen LogP contribution in [-0.4, -0.2) is 27.0 Å². The number of aryl methyl sites for hydroxylation is 1. The molecule has 0 aliphatic rings. The van der Waals surface area contributed by atoms with E-state index in [2.05, 4.69) is 15.6 Å². The monoisotopic (exact) mass is 266 g/mol. The van der Waals surface area contributed by atoms with E-state index < -0.39 is 0 Å². The topological polar surface area (TPSA) is 59.8 Å². The second-order valence-corrected chi connectivity index (χ2v) is 4.29. The molecular formula is C11H11FN4OS. The molecule has 7 heteroatoms. The first-order valence-electron chi connectivity index (χ1n) is 5.14. The molecule has 0 spiro atoms. The number of rotatable bonds is 3. The van der Waals surface area contributed by atoms with Crippen molar-refractivity contribution in [1.82, 2.24) is 14.9 Å². The van der Waals surface area contributed by atoms with Gasteiger partial charge in [-0.25, -0.2) is 9.07 Å². The van der Waals surface area contributed by atoms with Gasteiger partial charge >= 0.3 is 0 Å². The highest BCUT2D eigenvalue weighted by Gasteiger charge is 2.12. The fourth-order valence-electron chi connectivity index (χ4n) is 1.37. The van der Waals surface area contributed by atoms with Crippen LogP contribution in [0.15, 0.2) is 29.4 Å². The lowest BCUT2D eigenvalue weighted by atomic mass is 10.2. The molecule has 0 aliphatic carbocycles. The van der Waals surface area contributed by atoms with Crippen LogP contribution in [-0.2, 0) is 0 Å². The molecule has 5 nitrogen and oxygen atoms in total. The van der Waals surface area contributed by atoms with Gasteiger partial charge in [0.2, 0.25) is 5.16 Å². The van der Waals surface area contributed by atoms with Gasteiger partial charge < -0.3 is 0 Å². The zero-order valence-electron chi connectivity index (χ0n) is 9.85. The standard InChI is InChI=1S/C11H11FN4OS/c1-7-13-14-11(18-2)16(7)15-10(17)8-3-5-9(12)6-4-8/h3-6H,1-2H3,(H,15,17). The summed E-state index contributed by atoms with van der Waals surface area (Å²) >= 11 is 1.37. The number of carbonyl (C=O) groups excluding carboxylic acids is 1. The van der Waals surface area contributed by atoms with E-state index in [1.165, 1.54) is 40.7 Å². The Morgan fingerprint density at radius 2 is 2.00 bits per heavy atom. The second kappa shape index (κ2) is 5.18. The Labute approximate surface area is 107 Å². The van der Waals surface area contributed by atoms with E-state index in [1.807, 2.05) is 6.26 Å². The summed E-state index contributed by atoms with van der Waals surface area (Å²) in [5.74, 6) is -0.139. The van der Waals surface area contributed by atoms with Crippen molar-refractivity contribution >= 4 is 17.7 Å². The predicted molar refractivity (Wildman–Crippen MR) is 66.6 cm³/mol. The Bertz CT molecular complexity index is 567. The number of carbonyl (C=O) groups is 1. The number of hydrogen-bond donors (Lipinski definition) is 1. The first-order valence-corrected chi connectivity index (χ1v) is 6.37. The third kappa shape index (κ3) is 2.51. The van der Waals surface area contributed by atoms with Gasteiger partial charge in [-0.2, -0.15) is 0 Å². The van der Waals surface area contributed by atoms with Crippen LogP contribution in [0.1, 0.15) is 16.2 Å². The fraction of sp³-hybridized carbons (Fsp3) is 0.182. The van der Waals surface area contributed by atoms with E-state index >= 15 is 0 Å². The van der Waals surface area contributed by atoms with E-state index in [9.17, 15) is 9.18 Å². The minimum absolute atomic E-state index is 0.340. The average molecular weight is 266 g/mol. The summed E-state index contributed by atoms with van der Waals surface area (Å²) in [5.41, 5.74) is 3.03. The summed E-state index contributed by atoms with van der Waals surface area (Å²) in [6.45, 7) is 1.73. The van der Waals surface area contributed by atoms with Crippen LogP contribution in [0, 0.1) is 12.7 Å². The highest BCUT2D eigenvalue weighted by atomic mass is 32.2. The van der Waals surface area contributed by atoms with Crippen LogP contribution in [0.4, 0.5) is 4.39 Å². The van der Waals surface area contributed by atoms with E-state index in [4.69, 9.17) is 0 Å². The van der Waals surface area contributed by atoms with Crippen LogP contribution in [0.3, 0.4) is 0 Å². The number of thioether (sulfide) groups is 1. The molecule has 1 N–H and O–H groups in total. The van der Waals surface area contributed by atoms with Gasteiger partial charge in [-0.3, -0.25) is 10.2 Å². The molecule has 0 radical (unpaired) electrons. The fourth-order valence-corrected chi connectivity index (χ4v) is 1.85. The Morgan fingerprint density at radius 1 is 1.33 bits per heavy atom. The largest absolute Gasteiger partial charge is 0.270 e. The number of nitrogens with zero attached hydrogens (tertiary/aromatic N) is 3. The SMILES string of the molecule is CSc1nnc(C)n1NC(=O)c1ccc(F)cc1. The van der Waals surface area contributed by atoms with Crippen molar-refractivity contribution in [2.24, 2.45) is 0 Å². The lowest BCUT2D eigenvalue weighted by Crippen LogP contribution is -2.24. The molecule has 0 saturated carbocycles. The van der Waals surface area contributed by atoms with Crippen molar-refractivity contribution in [3.8, 4) is 0 Å². The van der Waals surface area contributed by atoms with Gasteiger partial charge in [-0.15, -0.1) is 10.2 Å². The minimum atomic E-state index is -0.378. The highest BCUT2D eigenvalue weighted by molar-refractivity contribution is 7.98. The summed E-state index contributed by atoms with van der Waals surface area (Å²) in [4.78, 5) is 11.9. The van der Waals surface area contributed by atoms with E-state index in [1.54, 1.807) is 6.92 Å². The molecule has 0 fully saturated rings. The van der Waals surface area contributed by atoms with Crippen molar-refractivity contribution in [3.63, 3.8) is 0 Å². The highest BCUT2D eigenvalue weighted by Crippen LogP contribution is 2.12. The van der Waals surface area contributed by atoms with Crippen molar-refractivity contribution in [2.45, 2.75) is 12.1 Å². The maximum atomic E-state index is 12.7. The molecule has 0 unspecified atom stereocenters. The molecule has 0 saturated heterocycles. The number of nitrogens with one attached hydrogen (secondary N) is 1. The van der Waals surface area contributed by atoms with E-state index in [-0.39, 0.29) is 11.7 Å². The predicted octanol–water partition coefficient (Wildman–Crippen LogP) is 1.83. The third-order valence-corrected chi connectivity index (χ3v) is 2.93. The van der Waals surface area contributed by atoms with Gasteiger partial charge in [0.15, 0.2) is 0 Å². The Hall–Kier alpha value is -1.89. The first-order chi connectivity index (χ1) is 8.61. The number of amides is 1. The molecule has 94 valence electrons. The molecule has 18 heavy (non-hydrogen) atoms. The summed E-state index contributed by atoms with van der Waals surface area (Å²) in [6, 6.07) is 5.32. The van der Waals surface area contributed by atoms with Crippen LogP contribution in [0.25, 0.3) is 0 Å². The Kier molecular flexibility index (Phi) is 3.61. The molecule has 1 aromatic carbocycles. The molecule has 0 bridgehead atoms. The summed E-state index contributed by atoms with van der Waals surface area (Å²) in [6.07, 6.45) is 1.84. The lowest BCUT2D eigenvalue weighted by Gasteiger charge is -2.08. The maximum absolute atomic E-state index is 12.7. The second-order valence-electron chi connectivity index (χ2n) is 3.52. The molecule has 1 heterocycles. The van der Waals surface area contributed by atoms with Crippen molar-refractivity contribution in [3.05, 3.63) is 41.5 Å². The number of benzene rings is 1. The molecule has 2 aromatic rings. The van der Waals surface area contributed by atoms with Gasteiger partial charge in [-0.1, -0.05) is 11.8 Å². The zero-order valence-corrected chi connectivity index (χ0v) is 10.7. The maximum Gasteiger partial charge on any atom is 0.270 e. The summed E-state index contributed by atoms with van der Waals surface area (Å²) in [5, 5.41) is 8.35. The molecule has 0 aliphatic heterocycles. The molecular weight excluding hydrogens is 255 g/mol. The van der Waals surface area contributed by atoms with Gasteiger partial charge in [0.1, 0.15) is 11.6 Å². The first kappa shape index (κ1) is 12.6. The average Bonchev–Trinajstić information content (AvgIpc) is 2.71. The number of halogens is 1. The van der Waals surface area contributed by atoms with Crippen LogP contribution in [0.5, 0.6) is 0 Å².